The zero-order chi connectivity index (χ0) is 28.3. The van der Waals surface area contributed by atoms with Crippen LogP contribution in [0, 0.1) is 26.7 Å². The van der Waals surface area contributed by atoms with Gasteiger partial charge in [0.2, 0.25) is 10.0 Å². The molecule has 0 bridgehead atoms. The van der Waals surface area contributed by atoms with E-state index in [-0.39, 0.29) is 16.6 Å². The summed E-state index contributed by atoms with van der Waals surface area (Å²) >= 11 is 0. The average molecular weight is 548 g/mol. The molecular weight excluding hydrogens is 514 g/mol. The summed E-state index contributed by atoms with van der Waals surface area (Å²) in [6.45, 7) is 9.14. The van der Waals surface area contributed by atoms with Crippen molar-refractivity contribution in [2.24, 2.45) is 5.92 Å². The van der Waals surface area contributed by atoms with E-state index in [4.69, 9.17) is 9.15 Å². The van der Waals surface area contributed by atoms with E-state index < -0.39 is 27.7 Å². The van der Waals surface area contributed by atoms with Gasteiger partial charge in [-0.3, -0.25) is 0 Å². The maximum Gasteiger partial charge on any atom is 0.340 e. The number of carbonyl (C=O) groups excluding carboxylic acids is 1. The number of ether oxygens (including phenoxy) is 1. The van der Waals surface area contributed by atoms with Crippen molar-refractivity contribution >= 4 is 27.0 Å². The van der Waals surface area contributed by atoms with Crippen molar-refractivity contribution in [3.8, 4) is 5.75 Å². The van der Waals surface area contributed by atoms with Gasteiger partial charge in [0.15, 0.2) is 0 Å². The summed E-state index contributed by atoms with van der Waals surface area (Å²) in [7, 11) is -3.99. The summed E-state index contributed by atoms with van der Waals surface area (Å²) in [5.74, 6) is -0.864. The first-order chi connectivity index (χ1) is 18.5. The third-order valence-electron chi connectivity index (χ3n) is 7.00. The van der Waals surface area contributed by atoms with E-state index in [1.807, 2.05) is 44.2 Å². The Morgan fingerprint density at radius 3 is 2.28 bits per heavy atom. The predicted octanol–water partition coefficient (Wildman–Crippen LogP) is 5.61. The largest absolute Gasteiger partial charge is 0.425 e. The summed E-state index contributed by atoms with van der Waals surface area (Å²) in [5, 5.41) is 0.503. The highest BCUT2D eigenvalue weighted by atomic mass is 32.2. The lowest BCUT2D eigenvalue weighted by Crippen LogP contribution is -2.47. The molecule has 0 amide bonds. The standard InChI is InChI=1S/C31H33NO6S/c1-6-21(4)29(32-39(35,36)24-14-12-19(2)13-15-24)31(34)38-27-17-20(3)16-26-28(27)22(5)25(30(33)37-26)18-23-10-8-7-9-11-23/h7-17,21,29,32H,6,18H2,1-5H3. The molecule has 1 heterocycles. The molecule has 0 aliphatic rings. The van der Waals surface area contributed by atoms with Crippen molar-refractivity contribution in [2.45, 2.75) is 58.4 Å². The van der Waals surface area contributed by atoms with E-state index in [1.165, 1.54) is 12.1 Å². The molecule has 39 heavy (non-hydrogen) atoms. The molecule has 0 spiro atoms. The number of esters is 1. The van der Waals surface area contributed by atoms with Crippen molar-refractivity contribution in [2.75, 3.05) is 0 Å². The van der Waals surface area contributed by atoms with Crippen molar-refractivity contribution in [1.29, 1.82) is 0 Å². The molecule has 1 N–H and O–H groups in total. The Balaban J connectivity index is 1.73. The molecule has 2 unspecified atom stereocenters. The fraction of sp³-hybridized carbons (Fsp3) is 0.290. The first-order valence-electron chi connectivity index (χ1n) is 12.9. The van der Waals surface area contributed by atoms with Crippen molar-refractivity contribution in [3.05, 3.63) is 105 Å². The second kappa shape index (κ2) is 11.6. The van der Waals surface area contributed by atoms with E-state index >= 15 is 0 Å². The fourth-order valence-corrected chi connectivity index (χ4v) is 5.77. The van der Waals surface area contributed by atoms with Crippen LogP contribution in [0.1, 0.15) is 48.1 Å². The van der Waals surface area contributed by atoms with Gasteiger partial charge in [-0.25, -0.2) is 18.0 Å². The highest BCUT2D eigenvalue weighted by Gasteiger charge is 2.32. The molecule has 0 saturated heterocycles. The number of rotatable bonds is 9. The minimum absolute atomic E-state index is 0.0679. The summed E-state index contributed by atoms with van der Waals surface area (Å²) in [6.07, 6.45) is 0.901. The number of hydrogen-bond donors (Lipinski definition) is 1. The smallest absolute Gasteiger partial charge is 0.340 e. The first-order valence-corrected chi connectivity index (χ1v) is 14.4. The normalized spacial score (nSPS) is 13.3. The third kappa shape index (κ3) is 6.29. The predicted molar refractivity (Wildman–Crippen MR) is 152 cm³/mol. The molecule has 0 saturated carbocycles. The summed E-state index contributed by atoms with van der Waals surface area (Å²) in [5.41, 5.74) is 3.56. The Hall–Kier alpha value is -3.75. The van der Waals surface area contributed by atoms with E-state index in [9.17, 15) is 18.0 Å². The van der Waals surface area contributed by atoms with Crippen LogP contribution >= 0.6 is 0 Å². The van der Waals surface area contributed by atoms with E-state index in [0.29, 0.717) is 34.9 Å². The van der Waals surface area contributed by atoms with Crippen molar-refractivity contribution in [1.82, 2.24) is 4.72 Å². The molecule has 0 aliphatic carbocycles. The molecule has 204 valence electrons. The Morgan fingerprint density at radius 2 is 1.64 bits per heavy atom. The topological polar surface area (TPSA) is 103 Å². The average Bonchev–Trinajstić information content (AvgIpc) is 2.89. The zero-order valence-electron chi connectivity index (χ0n) is 22.8. The molecule has 4 aromatic rings. The van der Waals surface area contributed by atoms with Crippen LogP contribution in [0.4, 0.5) is 0 Å². The van der Waals surface area contributed by atoms with Crippen LogP contribution < -0.4 is 15.1 Å². The summed E-state index contributed by atoms with van der Waals surface area (Å²) in [6, 6.07) is 18.3. The minimum atomic E-state index is -3.99. The zero-order valence-corrected chi connectivity index (χ0v) is 23.6. The van der Waals surface area contributed by atoms with Gasteiger partial charge < -0.3 is 9.15 Å². The Kier molecular flexibility index (Phi) is 8.37. The van der Waals surface area contributed by atoms with Crippen LogP contribution in [0.25, 0.3) is 11.0 Å². The van der Waals surface area contributed by atoms with Gasteiger partial charge in [0.1, 0.15) is 17.4 Å². The first kappa shape index (κ1) is 28.3. The van der Waals surface area contributed by atoms with Crippen molar-refractivity contribution < 1.29 is 22.4 Å². The molecule has 3 aromatic carbocycles. The van der Waals surface area contributed by atoms with Crippen LogP contribution in [0.5, 0.6) is 5.75 Å². The van der Waals surface area contributed by atoms with Crippen LogP contribution in [0.2, 0.25) is 0 Å². The summed E-state index contributed by atoms with van der Waals surface area (Å²) < 4.78 is 40.4. The molecule has 0 aliphatic heterocycles. The van der Waals surface area contributed by atoms with Crippen LogP contribution in [0.3, 0.4) is 0 Å². The monoisotopic (exact) mass is 547 g/mol. The maximum absolute atomic E-state index is 13.5. The lowest BCUT2D eigenvalue weighted by atomic mass is 9.98. The van der Waals surface area contributed by atoms with E-state index in [0.717, 1.165) is 16.7 Å². The van der Waals surface area contributed by atoms with Gasteiger partial charge in [0, 0.05) is 12.0 Å². The fourth-order valence-electron chi connectivity index (χ4n) is 4.48. The lowest BCUT2D eigenvalue weighted by molar-refractivity contribution is -0.137. The number of sulfonamides is 1. The second-order valence-electron chi connectivity index (χ2n) is 10.0. The number of nitrogens with one attached hydrogen (secondary N) is 1. The SMILES string of the molecule is CCC(C)C(NS(=O)(=O)c1ccc(C)cc1)C(=O)Oc1cc(C)cc2oc(=O)c(Cc3ccccc3)c(C)c12. The molecular formula is C31H33NO6S. The summed E-state index contributed by atoms with van der Waals surface area (Å²) in [4.78, 5) is 26.5. The van der Waals surface area contributed by atoms with Gasteiger partial charge in [-0.15, -0.1) is 0 Å². The van der Waals surface area contributed by atoms with Gasteiger partial charge in [-0.05, 0) is 67.6 Å². The van der Waals surface area contributed by atoms with Crippen molar-refractivity contribution in [3.63, 3.8) is 0 Å². The number of benzene rings is 3. The van der Waals surface area contributed by atoms with Gasteiger partial charge in [-0.2, -0.15) is 4.72 Å². The molecule has 2 atom stereocenters. The highest BCUT2D eigenvalue weighted by Crippen LogP contribution is 2.32. The van der Waals surface area contributed by atoms with Gasteiger partial charge in [-0.1, -0.05) is 68.3 Å². The van der Waals surface area contributed by atoms with E-state index in [1.54, 1.807) is 45.0 Å². The second-order valence-corrected chi connectivity index (χ2v) is 11.7. The van der Waals surface area contributed by atoms with Crippen LogP contribution in [-0.2, 0) is 21.2 Å². The van der Waals surface area contributed by atoms with Gasteiger partial charge in [0.05, 0.1) is 10.3 Å². The molecule has 0 fully saturated rings. The number of fused-ring (bicyclic) bond motifs is 1. The Bertz CT molecular complexity index is 1660. The molecule has 4 rings (SSSR count). The minimum Gasteiger partial charge on any atom is -0.425 e. The molecule has 7 nitrogen and oxygen atoms in total. The maximum atomic E-state index is 13.5. The van der Waals surface area contributed by atoms with Crippen LogP contribution in [0.15, 0.2) is 80.8 Å². The quantitative estimate of drug-likeness (QED) is 0.166. The van der Waals surface area contributed by atoms with E-state index in [2.05, 4.69) is 4.72 Å². The molecule has 0 radical (unpaired) electrons. The molecule has 8 heteroatoms. The van der Waals surface area contributed by atoms with Gasteiger partial charge in [0.25, 0.3) is 0 Å². The number of aryl methyl sites for hydroxylation is 3. The number of carbonyl (C=O) groups is 1. The number of hydrogen-bond acceptors (Lipinski definition) is 6. The van der Waals surface area contributed by atoms with Crippen LogP contribution in [-0.4, -0.2) is 20.4 Å². The Labute approximate surface area is 228 Å². The third-order valence-corrected chi connectivity index (χ3v) is 8.46. The Morgan fingerprint density at radius 1 is 0.974 bits per heavy atom. The lowest BCUT2D eigenvalue weighted by Gasteiger charge is -2.23. The van der Waals surface area contributed by atoms with Gasteiger partial charge >= 0.3 is 11.6 Å². The molecule has 1 aromatic heterocycles. The highest BCUT2D eigenvalue weighted by molar-refractivity contribution is 7.89.